The number of thiazole rings is 1. The van der Waals surface area contributed by atoms with Gasteiger partial charge in [0.05, 0.1) is 15.1 Å². The second-order valence-corrected chi connectivity index (χ2v) is 10.8. The zero-order chi connectivity index (χ0) is 19.1. The van der Waals surface area contributed by atoms with Crippen LogP contribution in [-0.4, -0.2) is 24.1 Å². The lowest BCUT2D eigenvalue weighted by Crippen LogP contribution is -2.44. The molecule has 26 heavy (non-hydrogen) atoms. The molecule has 1 heterocycles. The molecule has 3 aromatic rings. The van der Waals surface area contributed by atoms with Gasteiger partial charge in [0.1, 0.15) is 4.75 Å². The lowest BCUT2D eigenvalue weighted by molar-refractivity contribution is -0.117. The van der Waals surface area contributed by atoms with Crippen LogP contribution in [0.2, 0.25) is 0 Å². The number of rotatable bonds is 4. The van der Waals surface area contributed by atoms with Gasteiger partial charge < -0.3 is 5.32 Å². The van der Waals surface area contributed by atoms with E-state index in [0.717, 1.165) is 20.3 Å². The highest BCUT2D eigenvalue weighted by Gasteiger charge is 2.43. The lowest BCUT2D eigenvalue weighted by atomic mass is 10.2. The largest absolute Gasteiger partial charge is 0.301 e. The Morgan fingerprint density at radius 2 is 1.81 bits per heavy atom. The molecule has 5 nitrogen and oxygen atoms in total. The van der Waals surface area contributed by atoms with Crippen LogP contribution in [-0.2, 0) is 14.6 Å². The summed E-state index contributed by atoms with van der Waals surface area (Å²) in [5.74, 6) is -0.614. The summed E-state index contributed by atoms with van der Waals surface area (Å²) in [6, 6.07) is 12.0. The second kappa shape index (κ2) is 6.75. The highest BCUT2D eigenvalue weighted by Crippen LogP contribution is 2.31. The van der Waals surface area contributed by atoms with Crippen LogP contribution < -0.4 is 5.32 Å². The number of hydrogen-bond donors (Lipinski definition) is 1. The summed E-state index contributed by atoms with van der Waals surface area (Å²) in [5, 5.41) is 3.05. The zero-order valence-corrected chi connectivity index (χ0v) is 17.6. The standard InChI is InChI=1S/C18H17BrN2O3S2/c1-11-5-4-6-14-15(11)20-17(25-14)21-16(22)18(2,3)26(23,24)13-9-7-12(19)8-10-13/h4-10H,1-3H3,(H,20,21,22). The van der Waals surface area contributed by atoms with E-state index in [9.17, 15) is 13.2 Å². The molecule has 1 amide bonds. The van der Waals surface area contributed by atoms with Gasteiger partial charge in [0, 0.05) is 4.47 Å². The summed E-state index contributed by atoms with van der Waals surface area (Å²) in [6.45, 7) is 4.74. The first-order valence-electron chi connectivity index (χ1n) is 7.81. The Kier molecular flexibility index (Phi) is 4.94. The lowest BCUT2D eigenvalue weighted by Gasteiger charge is -2.23. The molecule has 1 N–H and O–H groups in total. The third-order valence-corrected chi connectivity index (χ3v) is 8.07. The van der Waals surface area contributed by atoms with Crippen molar-refractivity contribution in [2.75, 3.05) is 5.32 Å². The Labute approximate surface area is 164 Å². The number of amides is 1. The molecule has 0 saturated heterocycles. The number of nitrogens with one attached hydrogen (secondary N) is 1. The molecule has 0 spiro atoms. The van der Waals surface area contributed by atoms with Crippen molar-refractivity contribution in [3.8, 4) is 0 Å². The predicted molar refractivity (Wildman–Crippen MR) is 108 cm³/mol. The minimum atomic E-state index is -3.87. The summed E-state index contributed by atoms with van der Waals surface area (Å²) >= 11 is 4.60. The zero-order valence-electron chi connectivity index (χ0n) is 14.4. The fraction of sp³-hybridized carbons (Fsp3) is 0.222. The maximum absolute atomic E-state index is 12.9. The number of hydrogen-bond acceptors (Lipinski definition) is 5. The van der Waals surface area contributed by atoms with Crippen molar-refractivity contribution in [2.45, 2.75) is 30.4 Å². The van der Waals surface area contributed by atoms with E-state index in [1.165, 1.54) is 37.3 Å². The Balaban J connectivity index is 1.91. The number of carbonyl (C=O) groups excluding carboxylic acids is 1. The van der Waals surface area contributed by atoms with Crippen LogP contribution in [0.3, 0.4) is 0 Å². The van der Waals surface area contributed by atoms with Gasteiger partial charge >= 0.3 is 0 Å². The maximum Gasteiger partial charge on any atom is 0.247 e. The van der Waals surface area contributed by atoms with Crippen LogP contribution in [0.5, 0.6) is 0 Å². The Morgan fingerprint density at radius 3 is 2.42 bits per heavy atom. The van der Waals surface area contributed by atoms with Crippen LogP contribution in [0.1, 0.15) is 19.4 Å². The molecular formula is C18H17BrN2O3S2. The van der Waals surface area contributed by atoms with E-state index in [4.69, 9.17) is 0 Å². The first-order valence-corrected chi connectivity index (χ1v) is 10.9. The van der Waals surface area contributed by atoms with Crippen LogP contribution in [0.15, 0.2) is 51.8 Å². The smallest absolute Gasteiger partial charge is 0.247 e. The van der Waals surface area contributed by atoms with Crippen molar-refractivity contribution in [1.82, 2.24) is 4.98 Å². The monoisotopic (exact) mass is 452 g/mol. The van der Waals surface area contributed by atoms with Gasteiger partial charge in [0.15, 0.2) is 15.0 Å². The van der Waals surface area contributed by atoms with Crippen molar-refractivity contribution in [3.63, 3.8) is 0 Å². The highest BCUT2D eigenvalue weighted by atomic mass is 79.9. The molecule has 0 aliphatic heterocycles. The van der Waals surface area contributed by atoms with E-state index in [0.29, 0.717) is 5.13 Å². The van der Waals surface area contributed by atoms with Gasteiger partial charge in [-0.25, -0.2) is 13.4 Å². The number of aryl methyl sites for hydroxylation is 1. The van der Waals surface area contributed by atoms with Gasteiger partial charge in [0.2, 0.25) is 5.91 Å². The van der Waals surface area contributed by atoms with Crippen LogP contribution in [0.4, 0.5) is 5.13 Å². The SMILES string of the molecule is Cc1cccc2sc(NC(=O)C(C)(C)S(=O)(=O)c3ccc(Br)cc3)nc12. The summed E-state index contributed by atoms with van der Waals surface area (Å²) in [4.78, 5) is 17.3. The van der Waals surface area contributed by atoms with E-state index in [1.807, 2.05) is 25.1 Å². The Hall–Kier alpha value is -1.77. The molecular weight excluding hydrogens is 436 g/mol. The molecule has 0 atom stereocenters. The molecule has 0 aliphatic carbocycles. The fourth-order valence-electron chi connectivity index (χ4n) is 2.42. The molecule has 136 valence electrons. The topological polar surface area (TPSA) is 76.1 Å². The number of benzene rings is 2. The van der Waals surface area contributed by atoms with Crippen molar-refractivity contribution in [3.05, 3.63) is 52.5 Å². The molecule has 0 fully saturated rings. The second-order valence-electron chi connectivity index (χ2n) is 6.36. The average molecular weight is 453 g/mol. The van der Waals surface area contributed by atoms with Crippen molar-refractivity contribution in [1.29, 1.82) is 0 Å². The number of sulfone groups is 1. The number of anilines is 1. The third-order valence-electron chi connectivity index (χ3n) is 4.18. The number of nitrogens with zero attached hydrogens (tertiary/aromatic N) is 1. The molecule has 8 heteroatoms. The van der Waals surface area contributed by atoms with Gasteiger partial charge in [-0.15, -0.1) is 0 Å². The molecule has 3 rings (SSSR count). The molecule has 0 saturated carbocycles. The minimum Gasteiger partial charge on any atom is -0.301 e. The number of halogens is 1. The normalized spacial score (nSPS) is 12.3. The van der Waals surface area contributed by atoms with Gasteiger partial charge in [-0.1, -0.05) is 39.4 Å². The van der Waals surface area contributed by atoms with Crippen LogP contribution >= 0.6 is 27.3 Å². The maximum atomic E-state index is 12.9. The van der Waals surface area contributed by atoms with E-state index >= 15 is 0 Å². The van der Waals surface area contributed by atoms with Crippen molar-refractivity contribution < 1.29 is 13.2 Å². The molecule has 0 unspecified atom stereocenters. The van der Waals surface area contributed by atoms with Gasteiger partial charge in [-0.3, -0.25) is 4.79 Å². The Bertz CT molecular complexity index is 1090. The fourth-order valence-corrected chi connectivity index (χ4v) is 5.00. The molecule has 0 radical (unpaired) electrons. The number of aromatic nitrogens is 1. The highest BCUT2D eigenvalue weighted by molar-refractivity contribution is 9.10. The average Bonchev–Trinajstić information content (AvgIpc) is 2.99. The summed E-state index contributed by atoms with van der Waals surface area (Å²) in [7, 11) is -3.87. The number of fused-ring (bicyclic) bond motifs is 1. The quantitative estimate of drug-likeness (QED) is 0.629. The minimum absolute atomic E-state index is 0.0981. The Morgan fingerprint density at radius 1 is 1.15 bits per heavy atom. The van der Waals surface area contributed by atoms with E-state index < -0.39 is 20.5 Å². The molecule has 0 aliphatic rings. The number of carbonyl (C=O) groups is 1. The number of para-hydroxylation sites is 1. The van der Waals surface area contributed by atoms with Gasteiger partial charge in [-0.05, 0) is 56.7 Å². The summed E-state index contributed by atoms with van der Waals surface area (Å²) in [6.07, 6.45) is 0. The first kappa shape index (κ1) is 19.0. The van der Waals surface area contributed by atoms with Crippen LogP contribution in [0, 0.1) is 6.92 Å². The van der Waals surface area contributed by atoms with Crippen molar-refractivity contribution >= 4 is 58.4 Å². The molecule has 0 bridgehead atoms. The van der Waals surface area contributed by atoms with Crippen LogP contribution in [0.25, 0.3) is 10.2 Å². The molecule has 1 aromatic heterocycles. The van der Waals surface area contributed by atoms with E-state index in [-0.39, 0.29) is 4.90 Å². The van der Waals surface area contributed by atoms with Gasteiger partial charge in [-0.2, -0.15) is 0 Å². The van der Waals surface area contributed by atoms with E-state index in [2.05, 4.69) is 26.2 Å². The first-order chi connectivity index (χ1) is 12.1. The summed E-state index contributed by atoms with van der Waals surface area (Å²) < 4.78 is 25.9. The third kappa shape index (κ3) is 3.28. The predicted octanol–water partition coefficient (Wildman–Crippen LogP) is 4.56. The van der Waals surface area contributed by atoms with E-state index in [1.54, 1.807) is 12.1 Å². The van der Waals surface area contributed by atoms with Gasteiger partial charge in [0.25, 0.3) is 0 Å². The summed E-state index contributed by atoms with van der Waals surface area (Å²) in [5.41, 5.74) is 1.81. The van der Waals surface area contributed by atoms with Crippen molar-refractivity contribution in [2.24, 2.45) is 0 Å². The molecule has 2 aromatic carbocycles.